The van der Waals surface area contributed by atoms with E-state index in [4.69, 9.17) is 0 Å². The molecule has 3 aromatic rings. The van der Waals surface area contributed by atoms with Gasteiger partial charge in [-0.2, -0.15) is 0 Å². The summed E-state index contributed by atoms with van der Waals surface area (Å²) in [4.78, 5) is 35.2. The van der Waals surface area contributed by atoms with Gasteiger partial charge in [-0.15, -0.1) is 0 Å². The third kappa shape index (κ3) is 4.12. The molecule has 2 heterocycles. The van der Waals surface area contributed by atoms with Crippen LogP contribution >= 0.6 is 0 Å². The summed E-state index contributed by atoms with van der Waals surface area (Å²) >= 11 is 0. The highest BCUT2D eigenvalue weighted by Gasteiger charge is 2.28. The van der Waals surface area contributed by atoms with Crippen molar-refractivity contribution in [2.75, 3.05) is 5.32 Å². The van der Waals surface area contributed by atoms with E-state index in [1.807, 2.05) is 67.6 Å². The fraction of sp³-hybridized carbons (Fsp3) is 0.167. The average Bonchev–Trinajstić information content (AvgIpc) is 2.74. The Morgan fingerprint density at radius 2 is 1.93 bits per heavy atom. The second kappa shape index (κ2) is 8.29. The molecule has 2 aromatic carbocycles. The van der Waals surface area contributed by atoms with Gasteiger partial charge in [0.1, 0.15) is 5.82 Å². The van der Waals surface area contributed by atoms with Crippen molar-refractivity contribution in [2.24, 2.45) is 0 Å². The van der Waals surface area contributed by atoms with Crippen LogP contribution in [0.25, 0.3) is 17.3 Å². The summed E-state index contributed by atoms with van der Waals surface area (Å²) in [5, 5.41) is 2.96. The molecule has 0 radical (unpaired) electrons. The molecule has 6 nitrogen and oxygen atoms in total. The summed E-state index contributed by atoms with van der Waals surface area (Å²) in [5.41, 5.74) is 4.37. The first-order chi connectivity index (χ1) is 14.5. The van der Waals surface area contributed by atoms with Gasteiger partial charge >= 0.3 is 0 Å². The minimum absolute atomic E-state index is 0.0975. The number of amides is 2. The van der Waals surface area contributed by atoms with Crippen LogP contribution in [-0.4, -0.2) is 26.7 Å². The minimum atomic E-state index is -0.337. The Labute approximate surface area is 175 Å². The number of carbonyl (C=O) groups is 2. The van der Waals surface area contributed by atoms with Crippen molar-refractivity contribution in [3.05, 3.63) is 83.9 Å². The molecule has 6 heteroatoms. The SMILES string of the molecule is CC(=O)N1C=Cc2ccccc2C1CC(=O)Nc1cccc(-c2ccnc(C)n2)c1. The van der Waals surface area contributed by atoms with Crippen LogP contribution in [0.4, 0.5) is 5.69 Å². The van der Waals surface area contributed by atoms with Crippen LogP contribution in [0.15, 0.2) is 67.0 Å². The van der Waals surface area contributed by atoms with E-state index >= 15 is 0 Å². The van der Waals surface area contributed by atoms with Gasteiger partial charge in [0.2, 0.25) is 11.8 Å². The highest BCUT2D eigenvalue weighted by Crippen LogP contribution is 2.33. The fourth-order valence-corrected chi connectivity index (χ4v) is 3.67. The second-order valence-electron chi connectivity index (χ2n) is 7.21. The topological polar surface area (TPSA) is 75.2 Å². The molecule has 2 amide bonds. The van der Waals surface area contributed by atoms with E-state index in [1.165, 1.54) is 6.92 Å². The summed E-state index contributed by atoms with van der Waals surface area (Å²) in [6.45, 7) is 3.35. The lowest BCUT2D eigenvalue weighted by Gasteiger charge is -2.32. The summed E-state index contributed by atoms with van der Waals surface area (Å²) < 4.78 is 0. The lowest BCUT2D eigenvalue weighted by molar-refractivity contribution is -0.129. The first kappa shape index (κ1) is 19.5. The number of nitrogens with one attached hydrogen (secondary N) is 1. The Morgan fingerprint density at radius 3 is 2.73 bits per heavy atom. The van der Waals surface area contributed by atoms with Gasteiger partial charge in [-0.05, 0) is 42.3 Å². The summed E-state index contributed by atoms with van der Waals surface area (Å²) in [6, 6.07) is 16.9. The van der Waals surface area contributed by atoms with Gasteiger partial charge in [-0.3, -0.25) is 9.59 Å². The number of rotatable bonds is 4. The predicted molar refractivity (Wildman–Crippen MR) is 116 cm³/mol. The molecule has 4 rings (SSSR count). The van der Waals surface area contributed by atoms with Gasteiger partial charge < -0.3 is 10.2 Å². The third-order valence-electron chi connectivity index (χ3n) is 5.07. The molecular weight excluding hydrogens is 376 g/mol. The van der Waals surface area contributed by atoms with Gasteiger partial charge in [-0.25, -0.2) is 9.97 Å². The van der Waals surface area contributed by atoms with Crippen LogP contribution in [0.1, 0.15) is 36.3 Å². The number of aryl methyl sites for hydroxylation is 1. The molecule has 0 saturated carbocycles. The van der Waals surface area contributed by atoms with E-state index in [0.29, 0.717) is 11.5 Å². The Balaban J connectivity index is 1.54. The van der Waals surface area contributed by atoms with Gasteiger partial charge in [0.05, 0.1) is 18.2 Å². The third-order valence-corrected chi connectivity index (χ3v) is 5.07. The molecule has 0 saturated heterocycles. The van der Waals surface area contributed by atoms with Crippen LogP contribution < -0.4 is 5.32 Å². The number of carbonyl (C=O) groups excluding carboxylic acids is 2. The van der Waals surface area contributed by atoms with Gasteiger partial charge in [0, 0.05) is 30.6 Å². The maximum Gasteiger partial charge on any atom is 0.226 e. The van der Waals surface area contributed by atoms with E-state index in [-0.39, 0.29) is 24.3 Å². The Kier molecular flexibility index (Phi) is 5.39. The number of hydrogen-bond acceptors (Lipinski definition) is 4. The second-order valence-corrected chi connectivity index (χ2v) is 7.21. The Hall–Kier alpha value is -3.80. The summed E-state index contributed by atoms with van der Waals surface area (Å²) in [7, 11) is 0. The molecule has 0 fully saturated rings. The van der Waals surface area contributed by atoms with Gasteiger partial charge in [0.15, 0.2) is 0 Å². The number of hydrogen-bond donors (Lipinski definition) is 1. The van der Waals surface area contributed by atoms with Crippen LogP contribution in [0.3, 0.4) is 0 Å². The smallest absolute Gasteiger partial charge is 0.226 e. The quantitative estimate of drug-likeness (QED) is 0.709. The van der Waals surface area contributed by atoms with Crippen molar-refractivity contribution >= 4 is 23.6 Å². The van der Waals surface area contributed by atoms with Gasteiger partial charge in [0.25, 0.3) is 0 Å². The van der Waals surface area contributed by atoms with E-state index < -0.39 is 0 Å². The van der Waals surface area contributed by atoms with Crippen molar-refractivity contribution in [3.63, 3.8) is 0 Å². The normalized spacial score (nSPS) is 14.9. The molecular formula is C24H22N4O2. The van der Waals surface area contributed by atoms with Crippen LogP contribution in [0, 0.1) is 6.92 Å². The maximum atomic E-state index is 12.9. The van der Waals surface area contributed by atoms with Crippen molar-refractivity contribution in [2.45, 2.75) is 26.3 Å². The molecule has 0 spiro atoms. The number of fused-ring (bicyclic) bond motifs is 1. The zero-order chi connectivity index (χ0) is 21.1. The lowest BCUT2D eigenvalue weighted by atomic mass is 9.93. The number of aromatic nitrogens is 2. The average molecular weight is 398 g/mol. The zero-order valence-corrected chi connectivity index (χ0v) is 16.9. The van der Waals surface area contributed by atoms with Crippen molar-refractivity contribution in [1.82, 2.24) is 14.9 Å². The molecule has 1 N–H and O–H groups in total. The first-order valence-corrected chi connectivity index (χ1v) is 9.77. The molecule has 0 aliphatic carbocycles. The minimum Gasteiger partial charge on any atom is -0.326 e. The standard InChI is InChI=1S/C24H22N4O2/c1-16-25-12-10-22(26-16)19-7-5-8-20(14-19)27-24(30)15-23-21-9-4-3-6-18(21)11-13-28(23)17(2)29/h3-14,23H,15H2,1-2H3,(H,27,30). The molecule has 1 unspecified atom stereocenters. The van der Waals surface area contributed by atoms with Crippen molar-refractivity contribution < 1.29 is 9.59 Å². The fourth-order valence-electron chi connectivity index (χ4n) is 3.67. The molecule has 150 valence electrons. The predicted octanol–water partition coefficient (Wildman–Crippen LogP) is 4.35. The van der Waals surface area contributed by atoms with Gasteiger partial charge in [-0.1, -0.05) is 36.4 Å². The summed E-state index contributed by atoms with van der Waals surface area (Å²) in [5.74, 6) is 0.433. The molecule has 0 bridgehead atoms. The molecule has 30 heavy (non-hydrogen) atoms. The maximum absolute atomic E-state index is 12.9. The van der Waals surface area contributed by atoms with E-state index in [2.05, 4.69) is 15.3 Å². The number of nitrogens with zero attached hydrogens (tertiary/aromatic N) is 3. The van der Waals surface area contributed by atoms with Crippen LogP contribution in [-0.2, 0) is 9.59 Å². The highest BCUT2D eigenvalue weighted by atomic mass is 16.2. The highest BCUT2D eigenvalue weighted by molar-refractivity contribution is 5.92. The summed E-state index contributed by atoms with van der Waals surface area (Å²) in [6.07, 6.45) is 5.53. The van der Waals surface area contributed by atoms with Crippen LogP contribution in [0.5, 0.6) is 0 Å². The van der Waals surface area contributed by atoms with E-state index in [9.17, 15) is 9.59 Å². The number of anilines is 1. The zero-order valence-electron chi connectivity index (χ0n) is 16.9. The molecule has 1 aliphatic heterocycles. The van der Waals surface area contributed by atoms with E-state index in [0.717, 1.165) is 22.4 Å². The number of benzene rings is 2. The van der Waals surface area contributed by atoms with Crippen molar-refractivity contribution in [3.8, 4) is 11.3 Å². The Bertz CT molecular complexity index is 1140. The van der Waals surface area contributed by atoms with E-state index in [1.54, 1.807) is 17.3 Å². The van der Waals surface area contributed by atoms with Crippen LogP contribution in [0.2, 0.25) is 0 Å². The lowest BCUT2D eigenvalue weighted by Crippen LogP contribution is -2.33. The first-order valence-electron chi connectivity index (χ1n) is 9.77. The monoisotopic (exact) mass is 398 g/mol. The van der Waals surface area contributed by atoms with Crippen molar-refractivity contribution in [1.29, 1.82) is 0 Å². The molecule has 1 atom stereocenters. The molecule has 1 aromatic heterocycles. The largest absolute Gasteiger partial charge is 0.326 e. The molecule has 1 aliphatic rings. The Morgan fingerprint density at radius 1 is 1.10 bits per heavy atom.